The predicted octanol–water partition coefficient (Wildman–Crippen LogP) is 2.05. The van der Waals surface area contributed by atoms with Gasteiger partial charge in [0.1, 0.15) is 6.04 Å². The van der Waals surface area contributed by atoms with Crippen LogP contribution in [0.4, 0.5) is 0 Å². The number of nitrogens with one attached hydrogen (secondary N) is 1. The zero-order valence-electron chi connectivity index (χ0n) is 12.3. The molecule has 2 rings (SSSR count). The van der Waals surface area contributed by atoms with E-state index in [2.05, 4.69) is 5.32 Å². The fraction of sp³-hybridized carbons (Fsp3) is 0.500. The molecule has 1 aliphatic heterocycles. The Kier molecular flexibility index (Phi) is 4.42. The summed E-state index contributed by atoms with van der Waals surface area (Å²) >= 11 is 0. The van der Waals surface area contributed by atoms with E-state index in [9.17, 15) is 9.59 Å². The molecule has 20 heavy (non-hydrogen) atoms. The van der Waals surface area contributed by atoms with Crippen LogP contribution < -0.4 is 5.32 Å². The van der Waals surface area contributed by atoms with Gasteiger partial charge in [0.2, 0.25) is 11.8 Å². The van der Waals surface area contributed by atoms with Gasteiger partial charge >= 0.3 is 0 Å². The van der Waals surface area contributed by atoms with Gasteiger partial charge in [0.05, 0.1) is 6.42 Å². The summed E-state index contributed by atoms with van der Waals surface area (Å²) in [4.78, 5) is 26.5. The van der Waals surface area contributed by atoms with E-state index < -0.39 is 6.04 Å². The second kappa shape index (κ2) is 6.07. The van der Waals surface area contributed by atoms with Crippen molar-refractivity contribution >= 4 is 11.8 Å². The molecule has 1 N–H and O–H groups in total. The SMILES string of the molecule is CCCNC(=O)[C@H]1c2ccccc2CC(=O)N1C(C)C. The molecule has 0 aliphatic carbocycles. The third-order valence-electron chi connectivity index (χ3n) is 3.61. The predicted molar refractivity (Wildman–Crippen MR) is 78.2 cm³/mol. The van der Waals surface area contributed by atoms with Gasteiger partial charge in [0.15, 0.2) is 0 Å². The number of rotatable bonds is 4. The van der Waals surface area contributed by atoms with Gasteiger partial charge in [-0.15, -0.1) is 0 Å². The van der Waals surface area contributed by atoms with Crippen molar-refractivity contribution in [3.8, 4) is 0 Å². The third-order valence-corrected chi connectivity index (χ3v) is 3.61. The molecular formula is C16H22N2O2. The van der Waals surface area contributed by atoms with Crippen molar-refractivity contribution in [1.82, 2.24) is 10.2 Å². The Hall–Kier alpha value is -1.84. The fourth-order valence-electron chi connectivity index (χ4n) is 2.71. The zero-order valence-corrected chi connectivity index (χ0v) is 12.3. The van der Waals surface area contributed by atoms with Crippen LogP contribution in [-0.2, 0) is 16.0 Å². The first-order valence-electron chi connectivity index (χ1n) is 7.23. The van der Waals surface area contributed by atoms with E-state index >= 15 is 0 Å². The number of amides is 2. The summed E-state index contributed by atoms with van der Waals surface area (Å²) in [6, 6.07) is 7.23. The minimum Gasteiger partial charge on any atom is -0.354 e. The summed E-state index contributed by atoms with van der Waals surface area (Å²) in [5.74, 6) is -0.0589. The highest BCUT2D eigenvalue weighted by Crippen LogP contribution is 2.32. The van der Waals surface area contributed by atoms with E-state index in [1.165, 1.54) is 0 Å². The number of hydrogen-bond donors (Lipinski definition) is 1. The van der Waals surface area contributed by atoms with Crippen molar-refractivity contribution in [2.24, 2.45) is 0 Å². The minimum atomic E-state index is -0.501. The van der Waals surface area contributed by atoms with Crippen molar-refractivity contribution in [3.05, 3.63) is 35.4 Å². The molecule has 0 spiro atoms. The molecule has 2 amide bonds. The van der Waals surface area contributed by atoms with Crippen molar-refractivity contribution in [3.63, 3.8) is 0 Å². The topological polar surface area (TPSA) is 49.4 Å². The lowest BCUT2D eigenvalue weighted by molar-refractivity contribution is -0.143. The number of carbonyl (C=O) groups excluding carboxylic acids is 2. The molecule has 1 aliphatic rings. The van der Waals surface area contributed by atoms with Crippen molar-refractivity contribution < 1.29 is 9.59 Å². The Bertz CT molecular complexity index is 511. The summed E-state index contributed by atoms with van der Waals surface area (Å²) in [6.07, 6.45) is 1.27. The van der Waals surface area contributed by atoms with E-state index in [0.29, 0.717) is 13.0 Å². The summed E-state index contributed by atoms with van der Waals surface area (Å²) in [5, 5.41) is 2.92. The highest BCUT2D eigenvalue weighted by Gasteiger charge is 2.38. The number of fused-ring (bicyclic) bond motifs is 1. The number of nitrogens with zero attached hydrogens (tertiary/aromatic N) is 1. The van der Waals surface area contributed by atoms with Crippen LogP contribution in [0.3, 0.4) is 0 Å². The molecule has 4 heteroatoms. The number of benzene rings is 1. The standard InChI is InChI=1S/C16H22N2O2/c1-4-9-17-16(20)15-13-8-6-5-7-12(13)10-14(19)18(15)11(2)3/h5-8,11,15H,4,9-10H2,1-3H3,(H,17,20)/t15-/m1/s1. The molecule has 1 aromatic carbocycles. The number of hydrogen-bond acceptors (Lipinski definition) is 2. The molecule has 1 aromatic rings. The molecule has 0 aromatic heterocycles. The molecule has 1 heterocycles. The van der Waals surface area contributed by atoms with E-state index in [1.54, 1.807) is 4.90 Å². The van der Waals surface area contributed by atoms with E-state index in [0.717, 1.165) is 17.5 Å². The van der Waals surface area contributed by atoms with Crippen LogP contribution in [0.2, 0.25) is 0 Å². The molecule has 0 saturated heterocycles. The molecule has 108 valence electrons. The fourth-order valence-corrected chi connectivity index (χ4v) is 2.71. The molecule has 4 nitrogen and oxygen atoms in total. The van der Waals surface area contributed by atoms with E-state index in [4.69, 9.17) is 0 Å². The van der Waals surface area contributed by atoms with Crippen LogP contribution in [0.5, 0.6) is 0 Å². The van der Waals surface area contributed by atoms with Crippen LogP contribution >= 0.6 is 0 Å². The van der Waals surface area contributed by atoms with Gasteiger partial charge in [0, 0.05) is 12.6 Å². The lowest BCUT2D eigenvalue weighted by Gasteiger charge is -2.38. The lowest BCUT2D eigenvalue weighted by atomic mass is 9.90. The molecule has 0 fully saturated rings. The summed E-state index contributed by atoms with van der Waals surface area (Å²) in [5.41, 5.74) is 1.92. The van der Waals surface area contributed by atoms with Crippen LogP contribution in [0.1, 0.15) is 44.4 Å². The quantitative estimate of drug-likeness (QED) is 0.913. The molecule has 0 unspecified atom stereocenters. The van der Waals surface area contributed by atoms with E-state index in [1.807, 2.05) is 45.0 Å². The minimum absolute atomic E-state index is 0.00762. The molecule has 1 atom stereocenters. The van der Waals surface area contributed by atoms with Crippen LogP contribution in [0, 0.1) is 0 Å². The van der Waals surface area contributed by atoms with Crippen LogP contribution in [-0.4, -0.2) is 29.3 Å². The highest BCUT2D eigenvalue weighted by atomic mass is 16.2. The average Bonchev–Trinajstić information content (AvgIpc) is 2.42. The Morgan fingerprint density at radius 3 is 2.75 bits per heavy atom. The second-order valence-corrected chi connectivity index (χ2v) is 5.46. The maximum atomic E-state index is 12.5. The van der Waals surface area contributed by atoms with Gasteiger partial charge in [-0.3, -0.25) is 9.59 Å². The Morgan fingerprint density at radius 1 is 1.40 bits per heavy atom. The maximum absolute atomic E-state index is 12.5. The average molecular weight is 274 g/mol. The maximum Gasteiger partial charge on any atom is 0.247 e. The first-order chi connectivity index (χ1) is 9.56. The summed E-state index contributed by atoms with van der Waals surface area (Å²) in [6.45, 7) is 6.55. The molecule has 0 saturated carbocycles. The first kappa shape index (κ1) is 14.6. The van der Waals surface area contributed by atoms with Crippen LogP contribution in [0.15, 0.2) is 24.3 Å². The first-order valence-corrected chi connectivity index (χ1v) is 7.23. The number of carbonyl (C=O) groups is 2. The van der Waals surface area contributed by atoms with Crippen molar-refractivity contribution in [2.75, 3.05) is 6.54 Å². The van der Waals surface area contributed by atoms with Gasteiger partial charge < -0.3 is 10.2 Å². The van der Waals surface area contributed by atoms with Gasteiger partial charge in [-0.05, 0) is 31.4 Å². The normalized spacial score (nSPS) is 18.1. The summed E-state index contributed by atoms with van der Waals surface area (Å²) in [7, 11) is 0. The smallest absolute Gasteiger partial charge is 0.247 e. The Balaban J connectivity index is 2.40. The van der Waals surface area contributed by atoms with Crippen molar-refractivity contribution in [1.29, 1.82) is 0 Å². The second-order valence-electron chi connectivity index (χ2n) is 5.46. The van der Waals surface area contributed by atoms with Gasteiger partial charge in [-0.2, -0.15) is 0 Å². The molecule has 0 radical (unpaired) electrons. The van der Waals surface area contributed by atoms with Gasteiger partial charge in [0.25, 0.3) is 0 Å². The monoisotopic (exact) mass is 274 g/mol. The summed E-state index contributed by atoms with van der Waals surface area (Å²) < 4.78 is 0. The lowest BCUT2D eigenvalue weighted by Crippen LogP contribution is -2.50. The van der Waals surface area contributed by atoms with E-state index in [-0.39, 0.29) is 17.9 Å². The Labute approximate surface area is 120 Å². The molecule has 0 bridgehead atoms. The molecular weight excluding hydrogens is 252 g/mol. The van der Waals surface area contributed by atoms with Gasteiger partial charge in [-0.25, -0.2) is 0 Å². The zero-order chi connectivity index (χ0) is 14.7. The third kappa shape index (κ3) is 2.69. The van der Waals surface area contributed by atoms with Crippen molar-refractivity contribution in [2.45, 2.75) is 45.7 Å². The largest absolute Gasteiger partial charge is 0.354 e. The van der Waals surface area contributed by atoms with Crippen LogP contribution in [0.25, 0.3) is 0 Å². The highest BCUT2D eigenvalue weighted by molar-refractivity contribution is 5.92. The Morgan fingerprint density at radius 2 is 2.10 bits per heavy atom. The van der Waals surface area contributed by atoms with Gasteiger partial charge in [-0.1, -0.05) is 31.2 Å².